The van der Waals surface area contributed by atoms with Gasteiger partial charge >= 0.3 is 0 Å². The topological polar surface area (TPSA) is 81.6 Å². The molecule has 6 heteroatoms. The molecule has 17 heavy (non-hydrogen) atoms. The Morgan fingerprint density at radius 1 is 1.53 bits per heavy atom. The number of morpholine rings is 1. The number of carbonyl (C=O) groups is 1. The maximum Gasteiger partial charge on any atom is 0.242 e. The third-order valence-electron chi connectivity index (χ3n) is 2.74. The monoisotopic (exact) mass is 255 g/mol. The fourth-order valence-electron chi connectivity index (χ4n) is 1.88. The molecular weight excluding hydrogens is 242 g/mol. The molecule has 1 aliphatic rings. The number of benzene rings is 1. The van der Waals surface area contributed by atoms with Crippen molar-refractivity contribution < 1.29 is 9.53 Å². The third-order valence-corrected chi connectivity index (χ3v) is 3.04. The lowest BCUT2D eigenvalue weighted by Crippen LogP contribution is -2.52. The Morgan fingerprint density at radius 2 is 2.29 bits per heavy atom. The second-order valence-corrected chi connectivity index (χ2v) is 4.30. The summed E-state index contributed by atoms with van der Waals surface area (Å²) in [7, 11) is 0. The number of hydrogen-bond acceptors (Lipinski definition) is 4. The summed E-state index contributed by atoms with van der Waals surface area (Å²) >= 11 is 6.12. The first-order chi connectivity index (χ1) is 8.09. The molecule has 4 N–H and O–H groups in total. The van der Waals surface area contributed by atoms with E-state index in [0.29, 0.717) is 23.9 Å². The van der Waals surface area contributed by atoms with Crippen LogP contribution in [0.15, 0.2) is 18.2 Å². The van der Waals surface area contributed by atoms with Gasteiger partial charge in [-0.2, -0.15) is 0 Å². The maximum absolute atomic E-state index is 11.3. The Labute approximate surface area is 104 Å². The zero-order valence-electron chi connectivity index (χ0n) is 9.23. The average Bonchev–Trinajstić information content (AvgIpc) is 2.29. The summed E-state index contributed by atoms with van der Waals surface area (Å²) < 4.78 is 5.25. The number of nitrogens with two attached hydrogens (primary N) is 2. The van der Waals surface area contributed by atoms with Gasteiger partial charge in [-0.1, -0.05) is 11.6 Å². The van der Waals surface area contributed by atoms with Crippen LogP contribution in [0.1, 0.15) is 0 Å². The molecule has 1 amide bonds. The summed E-state index contributed by atoms with van der Waals surface area (Å²) in [4.78, 5) is 13.2. The van der Waals surface area contributed by atoms with Gasteiger partial charge in [0, 0.05) is 12.2 Å². The van der Waals surface area contributed by atoms with Crippen molar-refractivity contribution in [2.45, 2.75) is 6.04 Å². The number of nitrogens with zero attached hydrogens (tertiary/aromatic N) is 1. The Kier molecular flexibility index (Phi) is 3.40. The van der Waals surface area contributed by atoms with Crippen molar-refractivity contribution in [2.75, 3.05) is 30.4 Å². The number of carbonyl (C=O) groups excluding carboxylic acids is 1. The van der Waals surface area contributed by atoms with Gasteiger partial charge in [-0.3, -0.25) is 4.79 Å². The fraction of sp³-hybridized carbons (Fsp3) is 0.364. The molecular formula is C11H14ClN3O2. The van der Waals surface area contributed by atoms with Gasteiger partial charge in [0.2, 0.25) is 5.91 Å². The standard InChI is InChI=1S/C11H14ClN3O2/c12-8-5-7(13)1-2-9(8)15-3-4-17-6-10(15)11(14)16/h1-2,5,10H,3-4,6,13H2,(H2,14,16). The van der Waals surface area contributed by atoms with E-state index in [1.165, 1.54) is 0 Å². The van der Waals surface area contributed by atoms with Gasteiger partial charge in [0.15, 0.2) is 0 Å². The molecule has 0 saturated carbocycles. The van der Waals surface area contributed by atoms with Crippen LogP contribution in [0.3, 0.4) is 0 Å². The highest BCUT2D eigenvalue weighted by molar-refractivity contribution is 6.33. The van der Waals surface area contributed by atoms with E-state index in [-0.39, 0.29) is 6.61 Å². The molecule has 1 saturated heterocycles. The highest BCUT2D eigenvalue weighted by Crippen LogP contribution is 2.30. The normalized spacial score (nSPS) is 20.3. The first-order valence-electron chi connectivity index (χ1n) is 5.28. The number of primary amides is 1. The van der Waals surface area contributed by atoms with Crippen molar-refractivity contribution in [3.05, 3.63) is 23.2 Å². The number of halogens is 1. The number of rotatable bonds is 2. The second-order valence-electron chi connectivity index (χ2n) is 3.90. The second kappa shape index (κ2) is 4.81. The van der Waals surface area contributed by atoms with Crippen molar-refractivity contribution in [1.29, 1.82) is 0 Å². The lowest BCUT2D eigenvalue weighted by Gasteiger charge is -2.35. The smallest absolute Gasteiger partial charge is 0.242 e. The van der Waals surface area contributed by atoms with E-state index < -0.39 is 11.9 Å². The fourth-order valence-corrected chi connectivity index (χ4v) is 2.18. The average molecular weight is 256 g/mol. The van der Waals surface area contributed by atoms with Gasteiger partial charge in [0.25, 0.3) is 0 Å². The summed E-state index contributed by atoms with van der Waals surface area (Å²) in [5.74, 6) is -0.419. The van der Waals surface area contributed by atoms with Gasteiger partial charge < -0.3 is 21.1 Å². The van der Waals surface area contributed by atoms with E-state index in [4.69, 9.17) is 27.8 Å². The van der Waals surface area contributed by atoms with Crippen LogP contribution in [0.2, 0.25) is 5.02 Å². The molecule has 0 radical (unpaired) electrons. The van der Waals surface area contributed by atoms with Crippen molar-refractivity contribution in [1.82, 2.24) is 0 Å². The van der Waals surface area contributed by atoms with Crippen LogP contribution in [-0.2, 0) is 9.53 Å². The van der Waals surface area contributed by atoms with Crippen LogP contribution >= 0.6 is 11.6 Å². The van der Waals surface area contributed by atoms with E-state index in [1.807, 2.05) is 4.90 Å². The van der Waals surface area contributed by atoms with Crippen molar-refractivity contribution in [3.8, 4) is 0 Å². The summed E-state index contributed by atoms with van der Waals surface area (Å²) in [6.45, 7) is 1.41. The van der Waals surface area contributed by atoms with Gasteiger partial charge in [-0.05, 0) is 18.2 Å². The molecule has 1 aromatic carbocycles. The Bertz CT molecular complexity index is 439. The minimum absolute atomic E-state index is 0.288. The SMILES string of the molecule is NC(=O)C1COCCN1c1ccc(N)cc1Cl. The Morgan fingerprint density at radius 3 is 2.94 bits per heavy atom. The molecule has 1 aliphatic heterocycles. The molecule has 0 aliphatic carbocycles. The first kappa shape index (κ1) is 12.0. The summed E-state index contributed by atoms with van der Waals surface area (Å²) in [5, 5.41) is 0.512. The highest BCUT2D eigenvalue weighted by atomic mass is 35.5. The predicted octanol–water partition coefficient (Wildman–Crippen LogP) is 0.613. The van der Waals surface area contributed by atoms with Crippen molar-refractivity contribution in [2.24, 2.45) is 5.73 Å². The number of hydrogen-bond donors (Lipinski definition) is 2. The molecule has 1 aromatic rings. The van der Waals surface area contributed by atoms with Crippen LogP contribution in [-0.4, -0.2) is 31.7 Å². The van der Waals surface area contributed by atoms with Crippen LogP contribution in [0.25, 0.3) is 0 Å². The van der Waals surface area contributed by atoms with E-state index in [2.05, 4.69) is 0 Å². The lowest BCUT2D eigenvalue weighted by atomic mass is 10.1. The zero-order chi connectivity index (χ0) is 12.4. The number of ether oxygens (including phenoxy) is 1. The number of amides is 1. The minimum atomic E-state index is -0.482. The van der Waals surface area contributed by atoms with Gasteiger partial charge in [-0.25, -0.2) is 0 Å². The molecule has 0 spiro atoms. The van der Waals surface area contributed by atoms with Crippen molar-refractivity contribution >= 4 is 28.9 Å². The molecule has 0 bridgehead atoms. The number of anilines is 2. The van der Waals surface area contributed by atoms with Crippen LogP contribution in [0, 0.1) is 0 Å². The zero-order valence-corrected chi connectivity index (χ0v) is 9.98. The lowest BCUT2D eigenvalue weighted by molar-refractivity contribution is -0.121. The van der Waals surface area contributed by atoms with E-state index >= 15 is 0 Å². The molecule has 2 rings (SSSR count). The predicted molar refractivity (Wildman–Crippen MR) is 67.0 cm³/mol. The van der Waals surface area contributed by atoms with E-state index in [1.54, 1.807) is 18.2 Å². The van der Waals surface area contributed by atoms with Gasteiger partial charge in [0.05, 0.1) is 23.9 Å². The molecule has 1 atom stereocenters. The van der Waals surface area contributed by atoms with Crippen LogP contribution in [0.5, 0.6) is 0 Å². The maximum atomic E-state index is 11.3. The molecule has 5 nitrogen and oxygen atoms in total. The molecule has 1 unspecified atom stereocenters. The Hall–Kier alpha value is -1.46. The largest absolute Gasteiger partial charge is 0.399 e. The molecule has 1 heterocycles. The van der Waals surface area contributed by atoms with Crippen molar-refractivity contribution in [3.63, 3.8) is 0 Å². The first-order valence-corrected chi connectivity index (χ1v) is 5.66. The number of nitrogen functional groups attached to an aromatic ring is 1. The highest BCUT2D eigenvalue weighted by Gasteiger charge is 2.28. The molecule has 92 valence electrons. The van der Waals surface area contributed by atoms with Crippen LogP contribution in [0.4, 0.5) is 11.4 Å². The van der Waals surface area contributed by atoms with Gasteiger partial charge in [-0.15, -0.1) is 0 Å². The molecule has 1 fully saturated rings. The summed E-state index contributed by atoms with van der Waals surface area (Å²) in [6.07, 6.45) is 0. The summed E-state index contributed by atoms with van der Waals surface area (Å²) in [6, 6.07) is 4.71. The van der Waals surface area contributed by atoms with Crippen LogP contribution < -0.4 is 16.4 Å². The quantitative estimate of drug-likeness (QED) is 0.759. The molecule has 0 aromatic heterocycles. The van der Waals surface area contributed by atoms with E-state index in [0.717, 1.165) is 5.69 Å². The summed E-state index contributed by atoms with van der Waals surface area (Å²) in [5.41, 5.74) is 12.3. The minimum Gasteiger partial charge on any atom is -0.399 e. The Balaban J connectivity index is 2.32. The van der Waals surface area contributed by atoms with E-state index in [9.17, 15) is 4.79 Å². The third kappa shape index (κ3) is 2.45. The van der Waals surface area contributed by atoms with Gasteiger partial charge in [0.1, 0.15) is 6.04 Å².